The van der Waals surface area contributed by atoms with E-state index in [9.17, 15) is 4.79 Å². The first-order chi connectivity index (χ1) is 12.7. The maximum atomic E-state index is 12.6. The Hall–Kier alpha value is -2.66. The summed E-state index contributed by atoms with van der Waals surface area (Å²) in [5.41, 5.74) is 8.93. The molecule has 0 saturated carbocycles. The molecule has 5 heteroatoms. The first-order valence-corrected chi connectivity index (χ1v) is 9.19. The van der Waals surface area contributed by atoms with Crippen LogP contribution in [0.25, 0.3) is 22.0 Å². The van der Waals surface area contributed by atoms with Crippen LogP contribution < -0.4 is 5.73 Å². The Labute approximate surface area is 152 Å². The number of benzene rings is 2. The molecule has 3 aromatic rings. The van der Waals surface area contributed by atoms with Gasteiger partial charge in [0.2, 0.25) is 5.91 Å². The molecule has 26 heavy (non-hydrogen) atoms. The number of nitrogens with two attached hydrogens (primary N) is 1. The van der Waals surface area contributed by atoms with E-state index in [1.165, 1.54) is 0 Å². The van der Waals surface area contributed by atoms with Crippen LogP contribution in [-0.2, 0) is 17.8 Å². The predicted molar refractivity (Wildman–Crippen MR) is 101 cm³/mol. The quantitative estimate of drug-likeness (QED) is 0.782. The van der Waals surface area contributed by atoms with E-state index in [-0.39, 0.29) is 5.91 Å². The van der Waals surface area contributed by atoms with Gasteiger partial charge in [-0.1, -0.05) is 61.0 Å². The normalized spacial score (nSPS) is 15.1. The van der Waals surface area contributed by atoms with Gasteiger partial charge in [-0.3, -0.25) is 4.79 Å². The molecule has 2 heterocycles. The molecule has 0 aliphatic carbocycles. The van der Waals surface area contributed by atoms with Crippen molar-refractivity contribution >= 4 is 16.7 Å². The first-order valence-electron chi connectivity index (χ1n) is 9.19. The number of amides is 1. The van der Waals surface area contributed by atoms with Crippen LogP contribution in [-0.4, -0.2) is 28.6 Å². The van der Waals surface area contributed by atoms with E-state index in [1.807, 2.05) is 30.0 Å². The topological polar surface area (TPSA) is 72.4 Å². The Morgan fingerprint density at radius 1 is 1.27 bits per heavy atom. The number of nitrogens with zero attached hydrogens (tertiary/aromatic N) is 2. The highest BCUT2D eigenvalue weighted by atomic mass is 16.5. The lowest BCUT2D eigenvalue weighted by atomic mass is 9.96. The minimum atomic E-state index is -0.428. The number of hydrogen-bond acceptors (Lipinski definition) is 4. The van der Waals surface area contributed by atoms with E-state index < -0.39 is 6.04 Å². The highest BCUT2D eigenvalue weighted by molar-refractivity contribution is 5.96. The lowest BCUT2D eigenvalue weighted by Gasteiger charge is -2.28. The lowest BCUT2D eigenvalue weighted by Crippen LogP contribution is -2.45. The summed E-state index contributed by atoms with van der Waals surface area (Å²) in [6.07, 6.45) is 2.29. The Morgan fingerprint density at radius 2 is 2.08 bits per heavy atom. The molecule has 4 rings (SSSR count). The third kappa shape index (κ3) is 2.88. The highest BCUT2D eigenvalue weighted by Crippen LogP contribution is 2.34. The molecule has 0 spiro atoms. The van der Waals surface area contributed by atoms with Gasteiger partial charge in [0.15, 0.2) is 0 Å². The van der Waals surface area contributed by atoms with Crippen molar-refractivity contribution < 1.29 is 9.32 Å². The largest absolute Gasteiger partial charge is 0.360 e. The van der Waals surface area contributed by atoms with E-state index in [0.717, 1.165) is 39.8 Å². The molecular formula is C21H23N3O2. The monoisotopic (exact) mass is 349 g/mol. The molecule has 0 bridgehead atoms. The van der Waals surface area contributed by atoms with Gasteiger partial charge in [0.25, 0.3) is 0 Å². The van der Waals surface area contributed by atoms with Crippen molar-refractivity contribution in [1.29, 1.82) is 0 Å². The fourth-order valence-electron chi connectivity index (χ4n) is 3.71. The van der Waals surface area contributed by atoms with E-state index in [2.05, 4.69) is 29.4 Å². The molecule has 0 radical (unpaired) electrons. The fraction of sp³-hybridized carbons (Fsp3) is 0.333. The molecule has 1 amide bonds. The molecule has 5 nitrogen and oxygen atoms in total. The van der Waals surface area contributed by atoms with Crippen LogP contribution in [0.15, 0.2) is 47.0 Å². The molecule has 1 aliphatic heterocycles. The lowest BCUT2D eigenvalue weighted by molar-refractivity contribution is -0.133. The number of fused-ring (bicyclic) bond motifs is 2. The van der Waals surface area contributed by atoms with Crippen molar-refractivity contribution in [2.24, 2.45) is 5.73 Å². The summed E-state index contributed by atoms with van der Waals surface area (Å²) in [5, 5.41) is 6.65. The van der Waals surface area contributed by atoms with Crippen LogP contribution >= 0.6 is 0 Å². The smallest absolute Gasteiger partial charge is 0.239 e. The number of aromatic nitrogens is 1. The van der Waals surface area contributed by atoms with Gasteiger partial charge in [-0.25, -0.2) is 0 Å². The van der Waals surface area contributed by atoms with Crippen molar-refractivity contribution in [2.45, 2.75) is 38.8 Å². The molecular weight excluding hydrogens is 326 g/mol. The van der Waals surface area contributed by atoms with Gasteiger partial charge in [0.05, 0.1) is 12.6 Å². The number of carbonyl (C=O) groups is 1. The molecule has 0 fully saturated rings. The molecule has 1 aliphatic rings. The number of hydrogen-bond donors (Lipinski definition) is 1. The van der Waals surface area contributed by atoms with Gasteiger partial charge in [-0.15, -0.1) is 0 Å². The van der Waals surface area contributed by atoms with Gasteiger partial charge in [-0.2, -0.15) is 0 Å². The maximum Gasteiger partial charge on any atom is 0.239 e. The minimum Gasteiger partial charge on any atom is -0.360 e. The third-order valence-electron chi connectivity index (χ3n) is 5.10. The summed E-state index contributed by atoms with van der Waals surface area (Å²) >= 11 is 0. The molecule has 1 atom stereocenters. The molecule has 2 aromatic carbocycles. The van der Waals surface area contributed by atoms with Gasteiger partial charge < -0.3 is 15.2 Å². The second kappa shape index (κ2) is 6.92. The third-order valence-corrected chi connectivity index (χ3v) is 5.10. The Kier molecular flexibility index (Phi) is 4.47. The average Bonchev–Trinajstić information content (AvgIpc) is 3.10. The van der Waals surface area contributed by atoms with E-state index in [0.29, 0.717) is 25.9 Å². The molecule has 2 N–H and O–H groups in total. The van der Waals surface area contributed by atoms with E-state index in [4.69, 9.17) is 10.3 Å². The fourth-order valence-corrected chi connectivity index (χ4v) is 3.71. The van der Waals surface area contributed by atoms with Crippen LogP contribution in [0.1, 0.15) is 31.1 Å². The zero-order valence-corrected chi connectivity index (χ0v) is 14.9. The van der Waals surface area contributed by atoms with Gasteiger partial charge >= 0.3 is 0 Å². The standard InChI is InChI=1S/C21H23N3O2/c1-2-6-18(22)21(25)24-12-11-19-17(13-24)20(23-26-19)16-10-5-8-14-7-3-4-9-15(14)16/h3-5,7-10,18H,2,6,11-13,22H2,1H3. The summed E-state index contributed by atoms with van der Waals surface area (Å²) in [6.45, 7) is 3.18. The van der Waals surface area contributed by atoms with E-state index in [1.54, 1.807) is 0 Å². The van der Waals surface area contributed by atoms with Gasteiger partial charge in [0, 0.05) is 24.1 Å². The van der Waals surface area contributed by atoms with Gasteiger partial charge in [-0.05, 0) is 17.2 Å². The molecule has 1 unspecified atom stereocenters. The van der Waals surface area contributed by atoms with Crippen LogP contribution in [0.3, 0.4) is 0 Å². The van der Waals surface area contributed by atoms with Crippen molar-refractivity contribution in [3.8, 4) is 11.3 Å². The molecule has 1 aromatic heterocycles. The first kappa shape index (κ1) is 16.8. The summed E-state index contributed by atoms with van der Waals surface area (Å²) in [7, 11) is 0. The summed E-state index contributed by atoms with van der Waals surface area (Å²) in [5.74, 6) is 0.892. The number of carbonyl (C=O) groups excluding carboxylic acids is 1. The second-order valence-electron chi connectivity index (χ2n) is 6.86. The summed E-state index contributed by atoms with van der Waals surface area (Å²) in [6, 6.07) is 14.0. The Balaban J connectivity index is 1.70. The zero-order chi connectivity index (χ0) is 18.1. The molecule has 134 valence electrons. The van der Waals surface area contributed by atoms with Crippen LogP contribution in [0.4, 0.5) is 0 Å². The second-order valence-corrected chi connectivity index (χ2v) is 6.86. The SMILES string of the molecule is CCCC(N)C(=O)N1CCc2onc(-c3cccc4ccccc34)c2C1. The zero-order valence-electron chi connectivity index (χ0n) is 14.9. The van der Waals surface area contributed by atoms with Crippen molar-refractivity contribution in [1.82, 2.24) is 10.1 Å². The van der Waals surface area contributed by atoms with Gasteiger partial charge in [0.1, 0.15) is 11.5 Å². The highest BCUT2D eigenvalue weighted by Gasteiger charge is 2.29. The summed E-state index contributed by atoms with van der Waals surface area (Å²) in [4.78, 5) is 14.5. The molecule has 0 saturated heterocycles. The average molecular weight is 349 g/mol. The Morgan fingerprint density at radius 3 is 2.92 bits per heavy atom. The van der Waals surface area contributed by atoms with Crippen molar-refractivity contribution in [3.05, 3.63) is 53.8 Å². The van der Waals surface area contributed by atoms with Crippen LogP contribution in [0.5, 0.6) is 0 Å². The van der Waals surface area contributed by atoms with Crippen molar-refractivity contribution in [3.63, 3.8) is 0 Å². The van der Waals surface area contributed by atoms with Crippen LogP contribution in [0, 0.1) is 0 Å². The Bertz CT molecular complexity index is 942. The van der Waals surface area contributed by atoms with Crippen LogP contribution in [0.2, 0.25) is 0 Å². The predicted octanol–water partition coefficient (Wildman–Crippen LogP) is 3.51. The summed E-state index contributed by atoms with van der Waals surface area (Å²) < 4.78 is 5.61. The van der Waals surface area contributed by atoms with Crippen molar-refractivity contribution in [2.75, 3.05) is 6.54 Å². The minimum absolute atomic E-state index is 0.0163. The number of rotatable bonds is 4. The van der Waals surface area contributed by atoms with E-state index >= 15 is 0 Å². The maximum absolute atomic E-state index is 12.6.